The Balaban J connectivity index is 1.55. The fraction of sp³-hybridized carbons (Fsp3) is 0.476. The van der Waals surface area contributed by atoms with Crippen LogP contribution >= 0.6 is 0 Å². The first kappa shape index (κ1) is 17.8. The number of urea groups is 1. The van der Waals surface area contributed by atoms with Gasteiger partial charge < -0.3 is 10.1 Å². The maximum atomic E-state index is 13.0. The van der Waals surface area contributed by atoms with Crippen LogP contribution in [0.1, 0.15) is 39.2 Å². The maximum Gasteiger partial charge on any atom is 0.346 e. The Morgan fingerprint density at radius 2 is 1.93 bits per heavy atom. The standard InChI is InChI=1S/C21H25N3O3/c1-20(2)15-6-5-13(17(20)11-15)12-22-24-18(25)21(3,23-19(24)26)14-7-9-16(27-4)10-8-14/h5,7-10,12,15,17H,6,11H2,1-4H3,(H,23,26)/b22-12-/t15-,17-,21-/m0/s1. The largest absolute Gasteiger partial charge is 0.497 e. The van der Waals surface area contributed by atoms with Gasteiger partial charge in [-0.25, -0.2) is 4.79 Å². The van der Waals surface area contributed by atoms with E-state index in [-0.39, 0.29) is 11.3 Å². The fourth-order valence-electron chi connectivity index (χ4n) is 4.52. The van der Waals surface area contributed by atoms with Crippen molar-refractivity contribution in [3.63, 3.8) is 0 Å². The number of carbonyl (C=O) groups is 2. The number of nitrogens with one attached hydrogen (secondary N) is 1. The average Bonchev–Trinajstić information content (AvgIpc) is 2.89. The van der Waals surface area contributed by atoms with Gasteiger partial charge in [-0.2, -0.15) is 5.10 Å². The Labute approximate surface area is 159 Å². The lowest BCUT2D eigenvalue weighted by Gasteiger charge is -2.55. The quantitative estimate of drug-likeness (QED) is 0.655. The summed E-state index contributed by atoms with van der Waals surface area (Å²) >= 11 is 0. The van der Waals surface area contributed by atoms with E-state index in [0.717, 1.165) is 29.3 Å². The molecule has 5 rings (SSSR count). The van der Waals surface area contributed by atoms with Gasteiger partial charge in [0.25, 0.3) is 5.91 Å². The molecule has 1 saturated carbocycles. The van der Waals surface area contributed by atoms with Gasteiger partial charge in [0.2, 0.25) is 0 Å². The van der Waals surface area contributed by atoms with Gasteiger partial charge in [0.1, 0.15) is 11.3 Å². The lowest BCUT2D eigenvalue weighted by Crippen LogP contribution is -2.48. The molecule has 1 aromatic carbocycles. The molecule has 1 N–H and O–H groups in total. The predicted octanol–water partition coefficient (Wildman–Crippen LogP) is 3.44. The van der Waals surface area contributed by atoms with Crippen molar-refractivity contribution in [2.24, 2.45) is 22.4 Å². The molecule has 2 fully saturated rings. The van der Waals surface area contributed by atoms with Gasteiger partial charge in [-0.15, -0.1) is 5.01 Å². The number of imide groups is 1. The smallest absolute Gasteiger partial charge is 0.346 e. The van der Waals surface area contributed by atoms with Crippen LogP contribution in [0.2, 0.25) is 0 Å². The van der Waals surface area contributed by atoms with Crippen molar-refractivity contribution >= 4 is 18.2 Å². The summed E-state index contributed by atoms with van der Waals surface area (Å²) in [5, 5.41) is 7.98. The molecule has 2 bridgehead atoms. The van der Waals surface area contributed by atoms with Crippen molar-refractivity contribution in [3.8, 4) is 5.75 Å². The van der Waals surface area contributed by atoms with E-state index in [1.807, 2.05) is 0 Å². The number of ether oxygens (including phenoxy) is 1. The highest BCUT2D eigenvalue weighted by atomic mass is 16.5. The van der Waals surface area contributed by atoms with Gasteiger partial charge in [0.15, 0.2) is 0 Å². The molecule has 1 heterocycles. The molecule has 1 saturated heterocycles. The summed E-state index contributed by atoms with van der Waals surface area (Å²) < 4.78 is 5.16. The van der Waals surface area contributed by atoms with Gasteiger partial charge in [0.05, 0.1) is 13.3 Å². The second-order valence-corrected chi connectivity index (χ2v) is 8.39. The van der Waals surface area contributed by atoms with Crippen molar-refractivity contribution in [2.45, 2.75) is 39.2 Å². The number of benzene rings is 1. The van der Waals surface area contributed by atoms with Gasteiger partial charge in [0, 0.05) is 0 Å². The Kier molecular flexibility index (Phi) is 3.91. The molecule has 0 radical (unpaired) electrons. The molecule has 3 atom stereocenters. The Morgan fingerprint density at radius 3 is 2.52 bits per heavy atom. The number of methoxy groups -OCH3 is 1. The maximum absolute atomic E-state index is 13.0. The van der Waals surface area contributed by atoms with Crippen LogP contribution in [0.3, 0.4) is 0 Å². The topological polar surface area (TPSA) is 71.0 Å². The first-order chi connectivity index (χ1) is 12.8. The summed E-state index contributed by atoms with van der Waals surface area (Å²) in [7, 11) is 1.58. The number of allylic oxidation sites excluding steroid dienone is 2. The second kappa shape index (κ2) is 5.94. The van der Waals surface area contributed by atoms with Gasteiger partial charge in [-0.05, 0) is 60.3 Å². The van der Waals surface area contributed by atoms with Crippen LogP contribution in [0, 0.1) is 17.3 Å². The summed E-state index contributed by atoms with van der Waals surface area (Å²) in [4.78, 5) is 25.4. The van der Waals surface area contributed by atoms with E-state index in [2.05, 4.69) is 30.3 Å². The van der Waals surface area contributed by atoms with Crippen molar-refractivity contribution in [2.75, 3.05) is 7.11 Å². The third-order valence-electron chi connectivity index (χ3n) is 6.67. The Bertz CT molecular complexity index is 856. The third kappa shape index (κ3) is 2.58. The number of hydrogen-bond acceptors (Lipinski definition) is 4. The van der Waals surface area contributed by atoms with E-state index in [1.54, 1.807) is 44.5 Å². The van der Waals surface area contributed by atoms with E-state index >= 15 is 0 Å². The van der Waals surface area contributed by atoms with Crippen LogP contribution in [0.25, 0.3) is 0 Å². The lowest BCUT2D eigenvalue weighted by molar-refractivity contribution is -0.131. The van der Waals surface area contributed by atoms with Crippen LogP contribution in [-0.2, 0) is 10.3 Å². The molecule has 1 aromatic rings. The van der Waals surface area contributed by atoms with E-state index < -0.39 is 11.6 Å². The first-order valence-electron chi connectivity index (χ1n) is 9.32. The number of rotatable bonds is 4. The van der Waals surface area contributed by atoms with Gasteiger partial charge in [-0.1, -0.05) is 32.1 Å². The highest BCUT2D eigenvalue weighted by Crippen LogP contribution is 2.58. The van der Waals surface area contributed by atoms with E-state index in [1.165, 1.54) is 0 Å². The Hall–Kier alpha value is -2.63. The molecule has 6 heteroatoms. The minimum atomic E-state index is -1.14. The summed E-state index contributed by atoms with van der Waals surface area (Å²) in [6.07, 6.45) is 6.08. The van der Waals surface area contributed by atoms with Crippen LogP contribution in [0.4, 0.5) is 4.79 Å². The van der Waals surface area contributed by atoms with Crippen molar-refractivity contribution in [3.05, 3.63) is 41.5 Å². The summed E-state index contributed by atoms with van der Waals surface area (Å²) in [6.45, 7) is 6.26. The Morgan fingerprint density at radius 1 is 1.22 bits per heavy atom. The van der Waals surface area contributed by atoms with Crippen LogP contribution in [0.15, 0.2) is 41.0 Å². The van der Waals surface area contributed by atoms with E-state index in [4.69, 9.17) is 4.74 Å². The van der Waals surface area contributed by atoms with Crippen LogP contribution in [0.5, 0.6) is 5.75 Å². The molecular formula is C21H25N3O3. The number of amides is 3. The molecule has 0 spiro atoms. The highest BCUT2D eigenvalue weighted by molar-refractivity contribution is 6.07. The van der Waals surface area contributed by atoms with Crippen LogP contribution in [-0.4, -0.2) is 30.3 Å². The molecule has 3 amide bonds. The van der Waals surface area contributed by atoms with Crippen molar-refractivity contribution in [1.82, 2.24) is 10.3 Å². The molecule has 0 unspecified atom stereocenters. The van der Waals surface area contributed by atoms with Crippen molar-refractivity contribution in [1.29, 1.82) is 0 Å². The van der Waals surface area contributed by atoms with E-state index in [9.17, 15) is 9.59 Å². The molecule has 6 nitrogen and oxygen atoms in total. The number of fused-ring (bicyclic) bond motifs is 1. The third-order valence-corrected chi connectivity index (χ3v) is 6.67. The minimum Gasteiger partial charge on any atom is -0.497 e. The van der Waals surface area contributed by atoms with Gasteiger partial charge >= 0.3 is 6.03 Å². The molecule has 142 valence electrons. The zero-order valence-electron chi connectivity index (χ0n) is 16.2. The highest BCUT2D eigenvalue weighted by Gasteiger charge is 2.52. The molecule has 1 aliphatic heterocycles. The average molecular weight is 367 g/mol. The zero-order chi connectivity index (χ0) is 19.4. The molecule has 0 aromatic heterocycles. The summed E-state index contributed by atoms with van der Waals surface area (Å²) in [6, 6.07) is 6.61. The molecular weight excluding hydrogens is 342 g/mol. The lowest BCUT2D eigenvalue weighted by atomic mass is 9.49. The van der Waals surface area contributed by atoms with Gasteiger partial charge in [-0.3, -0.25) is 4.79 Å². The summed E-state index contributed by atoms with van der Waals surface area (Å²) in [5.74, 6) is 1.50. The first-order valence-corrected chi connectivity index (χ1v) is 9.32. The SMILES string of the molecule is COc1ccc([C@]2(C)NC(=O)N(/N=C\C3=CC[C@H]4C[C@@H]3C4(C)C)C2=O)cc1. The predicted molar refractivity (Wildman–Crippen MR) is 102 cm³/mol. The fourth-order valence-corrected chi connectivity index (χ4v) is 4.52. The monoisotopic (exact) mass is 367 g/mol. The number of hydrogen-bond donors (Lipinski definition) is 1. The van der Waals surface area contributed by atoms with Crippen molar-refractivity contribution < 1.29 is 14.3 Å². The zero-order valence-corrected chi connectivity index (χ0v) is 16.2. The normalized spacial score (nSPS) is 31.6. The molecule has 27 heavy (non-hydrogen) atoms. The minimum absolute atomic E-state index is 0.269. The summed E-state index contributed by atoms with van der Waals surface area (Å²) in [5.41, 5.74) is 0.952. The van der Waals surface area contributed by atoms with E-state index in [0.29, 0.717) is 17.2 Å². The van der Waals surface area contributed by atoms with Crippen LogP contribution < -0.4 is 10.1 Å². The number of nitrogens with zero attached hydrogens (tertiary/aromatic N) is 2. The molecule has 4 aliphatic rings. The second-order valence-electron chi connectivity index (χ2n) is 8.39. The number of hydrazone groups is 1. The molecule has 3 aliphatic carbocycles. The number of carbonyl (C=O) groups excluding carboxylic acids is 2.